The van der Waals surface area contributed by atoms with Crippen LogP contribution in [-0.4, -0.2) is 73.0 Å². The number of amides is 1. The van der Waals surface area contributed by atoms with Crippen LogP contribution in [0.5, 0.6) is 11.5 Å². The molecule has 8 nitrogen and oxygen atoms in total. The normalized spacial score (nSPS) is 18.0. The third kappa shape index (κ3) is 4.54. The highest BCUT2D eigenvalue weighted by atomic mass is 16.5. The second-order valence-corrected chi connectivity index (χ2v) is 7.51. The van der Waals surface area contributed by atoms with Gasteiger partial charge in [0.2, 0.25) is 0 Å². The maximum Gasteiger partial charge on any atom is 0.295 e. The lowest BCUT2D eigenvalue weighted by Gasteiger charge is -2.25. The van der Waals surface area contributed by atoms with Crippen molar-refractivity contribution in [2.45, 2.75) is 12.5 Å². The lowest BCUT2D eigenvalue weighted by atomic mass is 9.96. The second kappa shape index (κ2) is 9.61. The molecule has 0 bridgehead atoms. The van der Waals surface area contributed by atoms with E-state index in [1.54, 1.807) is 42.7 Å². The lowest BCUT2D eigenvalue weighted by Crippen LogP contribution is -2.32. The number of pyridine rings is 1. The molecule has 164 valence electrons. The van der Waals surface area contributed by atoms with Crippen molar-refractivity contribution in [2.75, 3.05) is 41.4 Å². The second-order valence-electron chi connectivity index (χ2n) is 7.51. The van der Waals surface area contributed by atoms with E-state index in [0.717, 1.165) is 6.54 Å². The van der Waals surface area contributed by atoms with Crippen molar-refractivity contribution in [3.8, 4) is 11.5 Å². The molecule has 1 saturated heterocycles. The number of aromatic nitrogens is 1. The number of aliphatic hydroxyl groups excluding tert-OH is 1. The highest BCUT2D eigenvalue weighted by Gasteiger charge is 2.45. The molecule has 0 radical (unpaired) electrons. The molecule has 1 aromatic carbocycles. The summed E-state index contributed by atoms with van der Waals surface area (Å²) in [6.45, 7) is 1.14. The molecule has 31 heavy (non-hydrogen) atoms. The first-order valence-electron chi connectivity index (χ1n) is 9.94. The number of rotatable bonds is 8. The summed E-state index contributed by atoms with van der Waals surface area (Å²) in [4.78, 5) is 33.5. The van der Waals surface area contributed by atoms with Gasteiger partial charge in [0, 0.05) is 24.5 Å². The van der Waals surface area contributed by atoms with Gasteiger partial charge in [-0.05, 0) is 56.9 Å². The first-order valence-corrected chi connectivity index (χ1v) is 9.94. The van der Waals surface area contributed by atoms with E-state index >= 15 is 0 Å². The first kappa shape index (κ1) is 22.3. The number of hydrogen-bond donors (Lipinski definition) is 1. The standard InChI is InChI=1S/C23H27N3O5/c1-25(2)11-6-12-26-20(16-7-5-10-24-14-16)19(22(28)23(26)29)21(27)15-8-9-17(30-3)18(13-15)31-4/h5,7-10,13-14,20,27H,6,11-12H2,1-4H3/t20-/m1/s1. The van der Waals surface area contributed by atoms with Gasteiger partial charge in [0.1, 0.15) is 5.76 Å². The molecule has 1 N–H and O–H groups in total. The van der Waals surface area contributed by atoms with E-state index in [-0.39, 0.29) is 11.3 Å². The van der Waals surface area contributed by atoms with Crippen molar-refractivity contribution in [2.24, 2.45) is 0 Å². The molecule has 1 aliphatic rings. The van der Waals surface area contributed by atoms with Crippen LogP contribution in [0.2, 0.25) is 0 Å². The molecule has 2 heterocycles. The summed E-state index contributed by atoms with van der Waals surface area (Å²) in [5, 5.41) is 11.1. The molecule has 0 spiro atoms. The quantitative estimate of drug-likeness (QED) is 0.395. The van der Waals surface area contributed by atoms with Crippen molar-refractivity contribution in [1.82, 2.24) is 14.8 Å². The Morgan fingerprint density at radius 1 is 1.16 bits per heavy atom. The van der Waals surface area contributed by atoms with Crippen molar-refractivity contribution in [1.29, 1.82) is 0 Å². The summed E-state index contributed by atoms with van der Waals surface area (Å²) in [5.41, 5.74) is 1.06. The molecular formula is C23H27N3O5. The predicted octanol–water partition coefficient (Wildman–Crippen LogP) is 2.47. The van der Waals surface area contributed by atoms with Crippen LogP contribution in [0, 0.1) is 0 Å². The van der Waals surface area contributed by atoms with E-state index in [1.165, 1.54) is 19.1 Å². The molecule has 1 amide bonds. The third-order valence-corrected chi connectivity index (χ3v) is 5.20. The number of ketones is 1. The largest absolute Gasteiger partial charge is 0.507 e. The summed E-state index contributed by atoms with van der Waals surface area (Å²) >= 11 is 0. The fraction of sp³-hybridized carbons (Fsp3) is 0.348. The van der Waals surface area contributed by atoms with Gasteiger partial charge in [-0.15, -0.1) is 0 Å². The maximum absolute atomic E-state index is 13.0. The van der Waals surface area contributed by atoms with Crippen molar-refractivity contribution in [3.63, 3.8) is 0 Å². The highest BCUT2D eigenvalue weighted by Crippen LogP contribution is 2.40. The van der Waals surface area contributed by atoms with E-state index in [0.29, 0.717) is 35.6 Å². The number of hydrogen-bond acceptors (Lipinski definition) is 7. The van der Waals surface area contributed by atoms with Crippen LogP contribution < -0.4 is 9.47 Å². The Hall–Kier alpha value is -3.39. The fourth-order valence-electron chi connectivity index (χ4n) is 3.69. The minimum absolute atomic E-state index is 0.0371. The third-order valence-electron chi connectivity index (χ3n) is 5.20. The Morgan fingerprint density at radius 2 is 1.90 bits per heavy atom. The van der Waals surface area contributed by atoms with Crippen LogP contribution in [0.4, 0.5) is 0 Å². The average molecular weight is 425 g/mol. The highest BCUT2D eigenvalue weighted by molar-refractivity contribution is 6.46. The number of benzene rings is 1. The Balaban J connectivity index is 2.09. The van der Waals surface area contributed by atoms with Crippen molar-refractivity contribution >= 4 is 17.4 Å². The molecule has 8 heteroatoms. The van der Waals surface area contributed by atoms with Crippen LogP contribution in [0.25, 0.3) is 5.76 Å². The van der Waals surface area contributed by atoms with Gasteiger partial charge in [-0.25, -0.2) is 0 Å². The van der Waals surface area contributed by atoms with Gasteiger partial charge in [0.25, 0.3) is 11.7 Å². The number of likely N-dealkylation sites (tertiary alicyclic amines) is 1. The molecule has 0 unspecified atom stereocenters. The number of aliphatic hydroxyl groups is 1. The number of carbonyl (C=O) groups is 2. The topological polar surface area (TPSA) is 92.2 Å². The van der Waals surface area contributed by atoms with E-state index in [9.17, 15) is 14.7 Å². The van der Waals surface area contributed by atoms with E-state index in [1.807, 2.05) is 19.0 Å². The number of Topliss-reactive ketones (excluding diaryl/α,β-unsaturated/α-hetero) is 1. The molecule has 1 atom stereocenters. The summed E-state index contributed by atoms with van der Waals surface area (Å²) < 4.78 is 10.6. The number of methoxy groups -OCH3 is 2. The van der Waals surface area contributed by atoms with E-state index < -0.39 is 17.7 Å². The van der Waals surface area contributed by atoms with Gasteiger partial charge in [0.15, 0.2) is 11.5 Å². The van der Waals surface area contributed by atoms with E-state index in [4.69, 9.17) is 9.47 Å². The zero-order valence-electron chi connectivity index (χ0n) is 18.2. The number of ether oxygens (including phenoxy) is 2. The van der Waals surface area contributed by atoms with Crippen molar-refractivity contribution in [3.05, 3.63) is 59.4 Å². The smallest absolute Gasteiger partial charge is 0.295 e. The van der Waals surface area contributed by atoms with Crippen LogP contribution in [0.15, 0.2) is 48.3 Å². The Bertz CT molecular complexity index is 988. The predicted molar refractivity (Wildman–Crippen MR) is 116 cm³/mol. The summed E-state index contributed by atoms with van der Waals surface area (Å²) in [6.07, 6.45) is 3.92. The van der Waals surface area contributed by atoms with Crippen molar-refractivity contribution < 1.29 is 24.2 Å². The molecule has 1 aromatic heterocycles. The number of nitrogens with zero attached hydrogens (tertiary/aromatic N) is 3. The van der Waals surface area contributed by atoms with Gasteiger partial charge in [-0.3, -0.25) is 14.6 Å². The molecule has 3 rings (SSSR count). The van der Waals surface area contributed by atoms with Crippen LogP contribution in [0.3, 0.4) is 0 Å². The molecule has 1 aliphatic heterocycles. The minimum atomic E-state index is -0.719. The zero-order valence-corrected chi connectivity index (χ0v) is 18.2. The van der Waals surface area contributed by atoms with Crippen LogP contribution >= 0.6 is 0 Å². The van der Waals surface area contributed by atoms with Gasteiger partial charge in [-0.2, -0.15) is 0 Å². The van der Waals surface area contributed by atoms with Gasteiger partial charge < -0.3 is 24.4 Å². The average Bonchev–Trinajstić information content (AvgIpc) is 3.03. The SMILES string of the molecule is COc1ccc(C(O)=C2C(=O)C(=O)N(CCCN(C)C)[C@@H]2c2cccnc2)cc1OC. The monoisotopic (exact) mass is 425 g/mol. The van der Waals surface area contributed by atoms with Gasteiger partial charge >= 0.3 is 0 Å². The minimum Gasteiger partial charge on any atom is -0.507 e. The molecule has 2 aromatic rings. The van der Waals surface area contributed by atoms with E-state index in [2.05, 4.69) is 4.98 Å². The maximum atomic E-state index is 13.0. The van der Waals surface area contributed by atoms with Gasteiger partial charge in [-0.1, -0.05) is 6.07 Å². The van der Waals surface area contributed by atoms with Gasteiger partial charge in [0.05, 0.1) is 25.8 Å². The fourth-order valence-corrected chi connectivity index (χ4v) is 3.69. The summed E-state index contributed by atoms with van der Waals surface area (Å²) in [7, 11) is 6.90. The Kier molecular flexibility index (Phi) is 6.91. The van der Waals surface area contributed by atoms with Crippen LogP contribution in [0.1, 0.15) is 23.6 Å². The molecule has 0 aliphatic carbocycles. The zero-order chi connectivity index (χ0) is 22.5. The number of carbonyl (C=O) groups excluding carboxylic acids is 2. The lowest BCUT2D eigenvalue weighted by molar-refractivity contribution is -0.139. The summed E-state index contributed by atoms with van der Waals surface area (Å²) in [6, 6.07) is 7.66. The first-order chi connectivity index (χ1) is 14.9. The Labute approximate surface area is 181 Å². The molecular weight excluding hydrogens is 398 g/mol. The van der Waals surface area contributed by atoms with Crippen LogP contribution in [-0.2, 0) is 9.59 Å². The summed E-state index contributed by atoms with van der Waals surface area (Å²) in [5.74, 6) is -0.708. The Morgan fingerprint density at radius 3 is 2.52 bits per heavy atom. The molecule has 0 saturated carbocycles. The molecule has 1 fully saturated rings.